The van der Waals surface area contributed by atoms with Crippen molar-refractivity contribution in [3.8, 4) is 0 Å². The Kier molecular flexibility index (Phi) is 5.52. The van der Waals surface area contributed by atoms with Gasteiger partial charge in [0.25, 0.3) is 5.91 Å². The number of carbonyl (C=O) groups is 1. The summed E-state index contributed by atoms with van der Waals surface area (Å²) >= 11 is 1.48. The number of anilines is 1. The normalized spacial score (nSPS) is 22.6. The van der Waals surface area contributed by atoms with Crippen LogP contribution in [-0.2, 0) is 9.53 Å². The van der Waals surface area contributed by atoms with E-state index in [1.165, 1.54) is 11.3 Å². The van der Waals surface area contributed by atoms with Crippen molar-refractivity contribution in [2.75, 3.05) is 11.9 Å². The monoisotopic (exact) mass is 291 g/mol. The first-order valence-electron chi connectivity index (χ1n) is 5.70. The lowest BCUT2D eigenvalue weighted by molar-refractivity contribution is -0.126. The van der Waals surface area contributed by atoms with Gasteiger partial charge in [-0.25, -0.2) is 4.98 Å². The minimum absolute atomic E-state index is 0. The highest BCUT2D eigenvalue weighted by atomic mass is 35.5. The van der Waals surface area contributed by atoms with Crippen LogP contribution in [0.2, 0.25) is 0 Å². The van der Waals surface area contributed by atoms with Crippen LogP contribution in [0.15, 0.2) is 0 Å². The first-order valence-corrected chi connectivity index (χ1v) is 6.52. The van der Waals surface area contributed by atoms with Gasteiger partial charge in [0.1, 0.15) is 11.1 Å². The summed E-state index contributed by atoms with van der Waals surface area (Å²) in [6.45, 7) is 4.28. The minimum atomic E-state index is -0.370. The van der Waals surface area contributed by atoms with Crippen molar-refractivity contribution in [1.82, 2.24) is 4.98 Å². The van der Waals surface area contributed by atoms with Crippen molar-refractivity contribution in [2.24, 2.45) is 5.73 Å². The Labute approximate surface area is 117 Å². The van der Waals surface area contributed by atoms with E-state index in [4.69, 9.17) is 10.5 Å². The molecule has 3 N–H and O–H groups in total. The van der Waals surface area contributed by atoms with E-state index in [2.05, 4.69) is 10.3 Å². The maximum atomic E-state index is 11.9. The van der Waals surface area contributed by atoms with Gasteiger partial charge >= 0.3 is 0 Å². The van der Waals surface area contributed by atoms with Crippen LogP contribution in [-0.4, -0.2) is 29.6 Å². The number of nitrogens with zero attached hydrogens (tertiary/aromatic N) is 1. The molecule has 0 spiro atoms. The molecule has 7 heteroatoms. The first kappa shape index (κ1) is 15.4. The molecule has 2 atom stereocenters. The number of ether oxygens (including phenoxy) is 1. The zero-order valence-corrected chi connectivity index (χ0v) is 12.1. The summed E-state index contributed by atoms with van der Waals surface area (Å²) in [6.07, 6.45) is 1.25. The number of rotatable bonds is 3. The molecule has 0 aromatic carbocycles. The predicted molar refractivity (Wildman–Crippen MR) is 74.4 cm³/mol. The number of thiazole rings is 1. The SMILES string of the molecule is Cc1nc(C)c(NC(=O)[C@@H]2CC[C@H](CN)O2)s1.Cl. The average Bonchev–Trinajstić information content (AvgIpc) is 2.86. The minimum Gasteiger partial charge on any atom is -0.364 e. The van der Waals surface area contributed by atoms with Crippen LogP contribution >= 0.6 is 23.7 Å². The largest absolute Gasteiger partial charge is 0.364 e. The second-order valence-corrected chi connectivity index (χ2v) is 5.40. The number of nitrogens with two attached hydrogens (primary N) is 1. The molecule has 1 amide bonds. The standard InChI is InChI=1S/C11H17N3O2S.ClH/c1-6-11(17-7(2)13-6)14-10(15)9-4-3-8(5-12)16-9;/h8-9H,3-5,12H2,1-2H3,(H,14,15);1H/t8-,9+;/m1./s1. The van der Waals surface area contributed by atoms with Gasteiger partial charge in [-0.3, -0.25) is 4.79 Å². The zero-order valence-electron chi connectivity index (χ0n) is 10.4. The van der Waals surface area contributed by atoms with Crippen LogP contribution < -0.4 is 11.1 Å². The highest BCUT2D eigenvalue weighted by Gasteiger charge is 2.30. The van der Waals surface area contributed by atoms with Crippen LogP contribution in [0.4, 0.5) is 5.00 Å². The number of hydrogen-bond acceptors (Lipinski definition) is 5. The summed E-state index contributed by atoms with van der Waals surface area (Å²) in [7, 11) is 0. The number of hydrogen-bond donors (Lipinski definition) is 2. The fourth-order valence-corrected chi connectivity index (χ4v) is 2.73. The van der Waals surface area contributed by atoms with Gasteiger partial charge < -0.3 is 15.8 Å². The molecule has 5 nitrogen and oxygen atoms in total. The van der Waals surface area contributed by atoms with Crippen molar-refractivity contribution in [3.05, 3.63) is 10.7 Å². The summed E-state index contributed by atoms with van der Waals surface area (Å²) in [6, 6.07) is 0. The third-order valence-corrected chi connectivity index (χ3v) is 3.79. The Balaban J connectivity index is 0.00000162. The van der Waals surface area contributed by atoms with E-state index >= 15 is 0 Å². The van der Waals surface area contributed by atoms with Gasteiger partial charge in [0.05, 0.1) is 16.8 Å². The number of halogens is 1. The molecule has 1 aliphatic heterocycles. The Hall–Kier alpha value is -0.690. The quantitative estimate of drug-likeness (QED) is 0.887. The molecule has 0 aliphatic carbocycles. The highest BCUT2D eigenvalue weighted by molar-refractivity contribution is 7.16. The first-order chi connectivity index (χ1) is 8.10. The summed E-state index contributed by atoms with van der Waals surface area (Å²) in [5, 5.41) is 4.63. The lowest BCUT2D eigenvalue weighted by atomic mass is 10.2. The van der Waals surface area contributed by atoms with E-state index < -0.39 is 0 Å². The molecule has 0 radical (unpaired) electrons. The average molecular weight is 292 g/mol. The van der Waals surface area contributed by atoms with Crippen LogP contribution in [0.25, 0.3) is 0 Å². The van der Waals surface area contributed by atoms with Crippen molar-refractivity contribution in [1.29, 1.82) is 0 Å². The van der Waals surface area contributed by atoms with E-state index in [0.717, 1.165) is 28.5 Å². The van der Waals surface area contributed by atoms with E-state index in [1.54, 1.807) is 0 Å². The van der Waals surface area contributed by atoms with Crippen molar-refractivity contribution < 1.29 is 9.53 Å². The molecule has 2 rings (SSSR count). The predicted octanol–water partition coefficient (Wildman–Crippen LogP) is 1.63. The number of carbonyl (C=O) groups excluding carboxylic acids is 1. The molecule has 1 aromatic rings. The maximum Gasteiger partial charge on any atom is 0.254 e. The molecular weight excluding hydrogens is 274 g/mol. The molecule has 1 aliphatic rings. The molecule has 0 bridgehead atoms. The summed E-state index contributed by atoms with van der Waals surface area (Å²) < 4.78 is 5.54. The van der Waals surface area contributed by atoms with Gasteiger partial charge in [0.2, 0.25) is 0 Å². The Morgan fingerprint density at radius 2 is 2.28 bits per heavy atom. The fourth-order valence-electron chi connectivity index (χ4n) is 1.91. The Bertz CT molecular complexity index is 424. The molecule has 102 valence electrons. The lowest BCUT2D eigenvalue weighted by Crippen LogP contribution is -2.29. The Morgan fingerprint density at radius 3 is 2.78 bits per heavy atom. The van der Waals surface area contributed by atoms with E-state index in [-0.39, 0.29) is 30.5 Å². The second-order valence-electron chi connectivity index (χ2n) is 4.20. The number of nitrogens with one attached hydrogen (secondary N) is 1. The highest BCUT2D eigenvalue weighted by Crippen LogP contribution is 2.25. The molecule has 0 unspecified atom stereocenters. The van der Waals surface area contributed by atoms with Gasteiger partial charge in [-0.15, -0.1) is 23.7 Å². The van der Waals surface area contributed by atoms with Crippen LogP contribution in [0.3, 0.4) is 0 Å². The van der Waals surface area contributed by atoms with E-state index in [9.17, 15) is 4.79 Å². The summed E-state index contributed by atoms with van der Waals surface area (Å²) in [4.78, 5) is 16.2. The third kappa shape index (κ3) is 3.41. The van der Waals surface area contributed by atoms with Crippen LogP contribution in [0.5, 0.6) is 0 Å². The number of aryl methyl sites for hydroxylation is 2. The van der Waals surface area contributed by atoms with Gasteiger partial charge in [-0.1, -0.05) is 0 Å². The molecule has 0 saturated carbocycles. The summed E-state index contributed by atoms with van der Waals surface area (Å²) in [5.74, 6) is -0.0901. The topological polar surface area (TPSA) is 77.2 Å². The van der Waals surface area contributed by atoms with Gasteiger partial charge in [0, 0.05) is 6.54 Å². The third-order valence-electron chi connectivity index (χ3n) is 2.80. The summed E-state index contributed by atoms with van der Waals surface area (Å²) in [5.41, 5.74) is 6.37. The molecular formula is C11H18ClN3O2S. The molecule has 1 aromatic heterocycles. The molecule has 18 heavy (non-hydrogen) atoms. The van der Waals surface area contributed by atoms with Crippen molar-refractivity contribution >= 4 is 34.7 Å². The zero-order chi connectivity index (χ0) is 12.4. The van der Waals surface area contributed by atoms with E-state index in [1.807, 2.05) is 13.8 Å². The number of aromatic nitrogens is 1. The molecule has 1 saturated heterocycles. The Morgan fingerprint density at radius 1 is 1.56 bits per heavy atom. The smallest absolute Gasteiger partial charge is 0.254 e. The lowest BCUT2D eigenvalue weighted by Gasteiger charge is -2.11. The molecule has 1 fully saturated rings. The van der Waals surface area contributed by atoms with Gasteiger partial charge in [-0.2, -0.15) is 0 Å². The fraction of sp³-hybridized carbons (Fsp3) is 0.636. The second kappa shape index (κ2) is 6.47. The van der Waals surface area contributed by atoms with Gasteiger partial charge in [0.15, 0.2) is 0 Å². The van der Waals surface area contributed by atoms with E-state index in [0.29, 0.717) is 6.54 Å². The molecule has 2 heterocycles. The van der Waals surface area contributed by atoms with Crippen molar-refractivity contribution in [2.45, 2.75) is 38.9 Å². The van der Waals surface area contributed by atoms with Crippen LogP contribution in [0.1, 0.15) is 23.5 Å². The van der Waals surface area contributed by atoms with Gasteiger partial charge in [-0.05, 0) is 26.7 Å². The number of amides is 1. The maximum absolute atomic E-state index is 11.9. The van der Waals surface area contributed by atoms with Crippen molar-refractivity contribution in [3.63, 3.8) is 0 Å². The van der Waals surface area contributed by atoms with Crippen LogP contribution in [0, 0.1) is 13.8 Å².